The molecule has 0 aliphatic heterocycles. The lowest BCUT2D eigenvalue weighted by atomic mass is 9.90. The van der Waals surface area contributed by atoms with Crippen LogP contribution < -0.4 is 0 Å². The third-order valence-electron chi connectivity index (χ3n) is 2.33. The van der Waals surface area contributed by atoms with E-state index in [9.17, 15) is 0 Å². The summed E-state index contributed by atoms with van der Waals surface area (Å²) in [6.45, 7) is 5.03. The maximum absolute atomic E-state index is 6.18. The van der Waals surface area contributed by atoms with Crippen LogP contribution in [-0.2, 0) is 4.74 Å². The van der Waals surface area contributed by atoms with Crippen molar-refractivity contribution in [1.82, 2.24) is 0 Å². The van der Waals surface area contributed by atoms with Gasteiger partial charge in [0.2, 0.25) is 0 Å². The zero-order valence-corrected chi connectivity index (χ0v) is 8.60. The van der Waals surface area contributed by atoms with Crippen LogP contribution in [0.4, 0.5) is 0 Å². The van der Waals surface area contributed by atoms with E-state index in [1.807, 2.05) is 0 Å². The highest BCUT2D eigenvalue weighted by Crippen LogP contribution is 2.31. The average Bonchev–Trinajstić information content (AvgIpc) is 2.07. The van der Waals surface area contributed by atoms with E-state index in [4.69, 9.17) is 16.3 Å². The van der Waals surface area contributed by atoms with Crippen LogP contribution in [0.2, 0.25) is 0 Å². The maximum Gasteiger partial charge on any atom is 0.0854 e. The fourth-order valence-electron chi connectivity index (χ4n) is 1.39. The fourth-order valence-corrected chi connectivity index (χ4v) is 1.65. The van der Waals surface area contributed by atoms with Crippen molar-refractivity contribution < 1.29 is 4.74 Å². The molecule has 1 rings (SSSR count). The molecule has 0 bridgehead atoms. The molecular formula is C10H17ClO. The summed E-state index contributed by atoms with van der Waals surface area (Å²) in [5, 5.41) is 0.133. The summed E-state index contributed by atoms with van der Waals surface area (Å²) in [6.07, 6.45) is 7.23. The minimum Gasteiger partial charge on any atom is -0.373 e. The Morgan fingerprint density at radius 2 is 2.33 bits per heavy atom. The minimum atomic E-state index is -0.133. The molecule has 0 aromatic rings. The highest BCUT2D eigenvalue weighted by Gasteiger charge is 2.33. The van der Waals surface area contributed by atoms with Crippen molar-refractivity contribution in [3.8, 4) is 0 Å². The molecule has 0 spiro atoms. The van der Waals surface area contributed by atoms with Gasteiger partial charge in [-0.15, -0.1) is 11.6 Å². The molecule has 0 aromatic carbocycles. The van der Waals surface area contributed by atoms with Gasteiger partial charge in [0.25, 0.3) is 0 Å². The summed E-state index contributed by atoms with van der Waals surface area (Å²) < 4.78 is 5.75. The quantitative estimate of drug-likeness (QED) is 0.489. The molecule has 0 fully saturated rings. The summed E-state index contributed by atoms with van der Waals surface area (Å²) in [5.41, 5.74) is -0.133. The number of allylic oxidation sites excluding steroid dienone is 1. The van der Waals surface area contributed by atoms with Crippen LogP contribution in [-0.4, -0.2) is 17.6 Å². The fraction of sp³-hybridized carbons (Fsp3) is 0.800. The van der Waals surface area contributed by atoms with Gasteiger partial charge in [-0.1, -0.05) is 19.1 Å². The first-order chi connectivity index (χ1) is 5.69. The second-order valence-electron chi connectivity index (χ2n) is 3.54. The molecule has 1 aliphatic carbocycles. The van der Waals surface area contributed by atoms with Gasteiger partial charge >= 0.3 is 0 Å². The van der Waals surface area contributed by atoms with E-state index in [1.165, 1.54) is 0 Å². The van der Waals surface area contributed by atoms with Crippen molar-refractivity contribution in [1.29, 1.82) is 0 Å². The molecule has 0 amide bonds. The van der Waals surface area contributed by atoms with Gasteiger partial charge in [-0.25, -0.2) is 0 Å². The van der Waals surface area contributed by atoms with Crippen LogP contribution in [0.15, 0.2) is 12.2 Å². The molecule has 70 valence electrons. The lowest BCUT2D eigenvalue weighted by Crippen LogP contribution is -2.40. The molecule has 12 heavy (non-hydrogen) atoms. The van der Waals surface area contributed by atoms with Gasteiger partial charge in [0.05, 0.1) is 11.0 Å². The van der Waals surface area contributed by atoms with Crippen LogP contribution in [0.3, 0.4) is 0 Å². The zero-order chi connectivity index (χ0) is 9.03. The number of hydrogen-bond donors (Lipinski definition) is 0. The Balaban J connectivity index is 2.49. The van der Waals surface area contributed by atoms with E-state index in [1.54, 1.807) is 0 Å². The summed E-state index contributed by atoms with van der Waals surface area (Å²) in [5.74, 6) is 0. The van der Waals surface area contributed by atoms with Gasteiger partial charge in [0.15, 0.2) is 0 Å². The van der Waals surface area contributed by atoms with Crippen molar-refractivity contribution in [2.45, 2.75) is 44.1 Å². The lowest BCUT2D eigenvalue weighted by molar-refractivity contribution is -0.0340. The Hall–Kier alpha value is -0.0100. The van der Waals surface area contributed by atoms with E-state index in [2.05, 4.69) is 26.0 Å². The molecule has 0 unspecified atom stereocenters. The van der Waals surface area contributed by atoms with Crippen LogP contribution in [0.5, 0.6) is 0 Å². The Morgan fingerprint density at radius 1 is 1.58 bits per heavy atom. The van der Waals surface area contributed by atoms with Gasteiger partial charge in [0, 0.05) is 6.61 Å². The zero-order valence-electron chi connectivity index (χ0n) is 7.85. The highest BCUT2D eigenvalue weighted by atomic mass is 35.5. The number of alkyl halides is 1. The SMILES string of the molecule is CCCO[C@]1(C)CC=CC[C@H]1Cl. The molecule has 0 saturated heterocycles. The third-order valence-corrected chi connectivity index (χ3v) is 2.97. The van der Waals surface area contributed by atoms with E-state index in [0.717, 1.165) is 25.9 Å². The van der Waals surface area contributed by atoms with Gasteiger partial charge in [0.1, 0.15) is 0 Å². The molecule has 1 nitrogen and oxygen atoms in total. The van der Waals surface area contributed by atoms with E-state index in [0.29, 0.717) is 0 Å². The van der Waals surface area contributed by atoms with Crippen molar-refractivity contribution >= 4 is 11.6 Å². The first-order valence-corrected chi connectivity index (χ1v) is 5.05. The van der Waals surface area contributed by atoms with E-state index in [-0.39, 0.29) is 11.0 Å². The molecule has 0 heterocycles. The molecule has 2 heteroatoms. The van der Waals surface area contributed by atoms with Gasteiger partial charge in [-0.2, -0.15) is 0 Å². The van der Waals surface area contributed by atoms with Gasteiger partial charge < -0.3 is 4.74 Å². The largest absolute Gasteiger partial charge is 0.373 e. The highest BCUT2D eigenvalue weighted by molar-refractivity contribution is 6.21. The van der Waals surface area contributed by atoms with Crippen LogP contribution in [0.25, 0.3) is 0 Å². The normalized spacial score (nSPS) is 35.4. The van der Waals surface area contributed by atoms with Gasteiger partial charge in [-0.05, 0) is 26.2 Å². The molecule has 0 N–H and O–H groups in total. The number of rotatable bonds is 3. The van der Waals surface area contributed by atoms with Gasteiger partial charge in [-0.3, -0.25) is 0 Å². The smallest absolute Gasteiger partial charge is 0.0854 e. The van der Waals surface area contributed by atoms with Crippen LogP contribution in [0.1, 0.15) is 33.1 Å². The molecular weight excluding hydrogens is 172 g/mol. The third kappa shape index (κ3) is 2.24. The van der Waals surface area contributed by atoms with Crippen molar-refractivity contribution in [3.63, 3.8) is 0 Å². The Morgan fingerprint density at radius 3 is 2.92 bits per heavy atom. The monoisotopic (exact) mass is 188 g/mol. The number of ether oxygens (including phenoxy) is 1. The topological polar surface area (TPSA) is 9.23 Å². The Labute approximate surface area is 79.7 Å². The first-order valence-electron chi connectivity index (χ1n) is 4.62. The van der Waals surface area contributed by atoms with Crippen LogP contribution in [0, 0.1) is 0 Å². The van der Waals surface area contributed by atoms with Crippen molar-refractivity contribution in [2.24, 2.45) is 0 Å². The Bertz CT molecular complexity index is 167. The summed E-state index contributed by atoms with van der Waals surface area (Å²) >= 11 is 6.18. The first kappa shape index (κ1) is 10.1. The Kier molecular flexibility index (Phi) is 3.60. The summed E-state index contributed by atoms with van der Waals surface area (Å²) in [4.78, 5) is 0. The lowest BCUT2D eigenvalue weighted by Gasteiger charge is -2.35. The van der Waals surface area contributed by atoms with Crippen molar-refractivity contribution in [3.05, 3.63) is 12.2 Å². The molecule has 2 atom stereocenters. The molecule has 1 aliphatic rings. The summed E-state index contributed by atoms with van der Waals surface area (Å²) in [7, 11) is 0. The van der Waals surface area contributed by atoms with E-state index < -0.39 is 0 Å². The predicted octanol–water partition coefficient (Wildman–Crippen LogP) is 3.13. The molecule has 0 aromatic heterocycles. The minimum absolute atomic E-state index is 0.133. The standard InChI is InChI=1S/C10H17ClO/c1-3-8-12-10(2)7-5-4-6-9(10)11/h4-5,9H,3,6-8H2,1-2H3/t9-,10-/m1/s1. The second-order valence-corrected chi connectivity index (χ2v) is 4.07. The molecule has 0 radical (unpaired) electrons. The van der Waals surface area contributed by atoms with E-state index >= 15 is 0 Å². The maximum atomic E-state index is 6.18. The average molecular weight is 189 g/mol. The predicted molar refractivity (Wildman–Crippen MR) is 52.7 cm³/mol. The number of hydrogen-bond acceptors (Lipinski definition) is 1. The second kappa shape index (κ2) is 4.29. The molecule has 0 saturated carbocycles. The van der Waals surface area contributed by atoms with Crippen molar-refractivity contribution in [2.75, 3.05) is 6.61 Å². The number of halogens is 1. The summed E-state index contributed by atoms with van der Waals surface area (Å²) in [6, 6.07) is 0. The van der Waals surface area contributed by atoms with Crippen LogP contribution >= 0.6 is 11.6 Å².